The molecule has 0 bridgehead atoms. The van der Waals surface area contributed by atoms with E-state index in [-0.39, 0.29) is 10.9 Å². The van der Waals surface area contributed by atoms with Gasteiger partial charge in [-0.1, -0.05) is 49.4 Å². The van der Waals surface area contributed by atoms with Crippen LogP contribution in [0.2, 0.25) is 0 Å². The number of benzene rings is 2. The van der Waals surface area contributed by atoms with E-state index in [9.17, 15) is 0 Å². The second-order valence-electron chi connectivity index (χ2n) is 5.30. The molecule has 3 rings (SSSR count). The fourth-order valence-electron chi connectivity index (χ4n) is 2.62. The van der Waals surface area contributed by atoms with Crippen LogP contribution in [-0.4, -0.2) is 0 Å². The Balaban J connectivity index is 1.99. The van der Waals surface area contributed by atoms with Crippen molar-refractivity contribution in [1.29, 1.82) is 0 Å². The predicted molar refractivity (Wildman–Crippen MR) is 92.4 cm³/mol. The quantitative estimate of drug-likeness (QED) is 0.644. The van der Waals surface area contributed by atoms with Crippen molar-refractivity contribution >= 4 is 10.9 Å². The number of hydrogen-bond acceptors (Lipinski definition) is 0. The first-order valence-electron chi connectivity index (χ1n) is 7.61. The second kappa shape index (κ2) is 6.82. The molecule has 2 aromatic carbocycles. The van der Waals surface area contributed by atoms with Crippen LogP contribution in [0.3, 0.4) is 0 Å². The topological polar surface area (TPSA) is 0 Å². The van der Waals surface area contributed by atoms with E-state index in [2.05, 4.69) is 85.8 Å². The van der Waals surface area contributed by atoms with Gasteiger partial charge in [-0.3, -0.25) is 0 Å². The highest BCUT2D eigenvalue weighted by atomic mass is 32.2. The Morgan fingerprint density at radius 2 is 1.48 bits per heavy atom. The zero-order valence-corrected chi connectivity index (χ0v) is 13.2. The van der Waals surface area contributed by atoms with Gasteiger partial charge in [-0.25, -0.2) is 0 Å². The van der Waals surface area contributed by atoms with E-state index < -0.39 is 0 Å². The van der Waals surface area contributed by atoms with Crippen LogP contribution in [-0.2, 0) is 10.9 Å². The summed E-state index contributed by atoms with van der Waals surface area (Å²) in [4.78, 5) is 4.25. The van der Waals surface area contributed by atoms with Crippen LogP contribution < -0.4 is 0 Å². The third-order valence-electron chi connectivity index (χ3n) is 3.87. The van der Waals surface area contributed by atoms with Crippen LogP contribution in [0.1, 0.15) is 19.8 Å². The Labute approximate surface area is 130 Å². The smallest absolute Gasteiger partial charge is 0.0761 e. The number of allylic oxidation sites excluding steroid dienone is 3. The van der Waals surface area contributed by atoms with Crippen molar-refractivity contribution in [2.45, 2.75) is 29.6 Å². The summed E-state index contributed by atoms with van der Waals surface area (Å²) in [5, 5.41) is 0. The molecular formula is C20H21S+. The van der Waals surface area contributed by atoms with Crippen LogP contribution in [0.5, 0.6) is 0 Å². The van der Waals surface area contributed by atoms with Gasteiger partial charge in [-0.05, 0) is 55.2 Å². The van der Waals surface area contributed by atoms with E-state index in [0.29, 0.717) is 5.92 Å². The standard InChI is InChI=1S/C20H21S/c1-2-17-13-15-20(16-14-17)21(18-9-5-3-6-10-18)19-11-7-4-8-12-19/h3-13,15-17H,2,14H2,1H3/q+1. The van der Waals surface area contributed by atoms with Gasteiger partial charge in [-0.2, -0.15) is 0 Å². The minimum Gasteiger partial charge on any atom is -0.0761 e. The third-order valence-corrected chi connectivity index (χ3v) is 6.13. The maximum atomic E-state index is 2.44. The molecule has 0 saturated heterocycles. The van der Waals surface area contributed by atoms with Crippen LogP contribution in [0.4, 0.5) is 0 Å². The van der Waals surface area contributed by atoms with Crippen LogP contribution in [0.15, 0.2) is 93.6 Å². The molecule has 0 saturated carbocycles. The molecule has 0 fully saturated rings. The van der Waals surface area contributed by atoms with Crippen molar-refractivity contribution in [3.05, 3.63) is 83.8 Å². The average molecular weight is 293 g/mol. The minimum absolute atomic E-state index is 0.0197. The summed E-state index contributed by atoms with van der Waals surface area (Å²) in [7, 11) is 0.0197. The van der Waals surface area contributed by atoms with Gasteiger partial charge in [0.05, 0.1) is 10.9 Å². The first kappa shape index (κ1) is 14.2. The average Bonchev–Trinajstić information content (AvgIpc) is 2.58. The summed E-state index contributed by atoms with van der Waals surface area (Å²) in [5.74, 6) is 0.714. The molecule has 0 amide bonds. The van der Waals surface area contributed by atoms with Crippen LogP contribution in [0, 0.1) is 5.92 Å². The molecule has 106 valence electrons. The SMILES string of the molecule is CCC1C=CC([S+](c2ccccc2)c2ccccc2)=CC1. The van der Waals surface area contributed by atoms with Gasteiger partial charge < -0.3 is 0 Å². The molecule has 2 aromatic rings. The molecule has 0 heterocycles. The maximum absolute atomic E-state index is 2.44. The summed E-state index contributed by atoms with van der Waals surface area (Å²) in [6.45, 7) is 2.27. The van der Waals surface area contributed by atoms with Crippen molar-refractivity contribution in [1.82, 2.24) is 0 Å². The summed E-state index contributed by atoms with van der Waals surface area (Å²) < 4.78 is 0. The molecule has 0 aliphatic heterocycles. The highest BCUT2D eigenvalue weighted by Crippen LogP contribution is 2.34. The Morgan fingerprint density at radius 1 is 0.905 bits per heavy atom. The fourth-order valence-corrected chi connectivity index (χ4v) is 4.77. The van der Waals surface area contributed by atoms with Crippen molar-refractivity contribution in [3.8, 4) is 0 Å². The summed E-state index contributed by atoms with van der Waals surface area (Å²) >= 11 is 0. The Morgan fingerprint density at radius 3 is 1.90 bits per heavy atom. The lowest BCUT2D eigenvalue weighted by molar-refractivity contribution is 0.632. The molecule has 0 aromatic heterocycles. The molecule has 0 spiro atoms. The summed E-state index contributed by atoms with van der Waals surface area (Å²) in [6.07, 6.45) is 9.58. The zero-order valence-electron chi connectivity index (χ0n) is 12.4. The number of rotatable bonds is 4. The van der Waals surface area contributed by atoms with E-state index in [1.807, 2.05) is 0 Å². The van der Waals surface area contributed by atoms with Crippen molar-refractivity contribution in [3.63, 3.8) is 0 Å². The van der Waals surface area contributed by atoms with Gasteiger partial charge in [0, 0.05) is 0 Å². The van der Waals surface area contributed by atoms with Crippen molar-refractivity contribution in [2.75, 3.05) is 0 Å². The van der Waals surface area contributed by atoms with Gasteiger partial charge in [0.25, 0.3) is 0 Å². The highest BCUT2D eigenvalue weighted by molar-refractivity contribution is 8.00. The van der Waals surface area contributed by atoms with E-state index in [1.54, 1.807) is 0 Å². The monoisotopic (exact) mass is 293 g/mol. The van der Waals surface area contributed by atoms with E-state index in [4.69, 9.17) is 0 Å². The first-order valence-corrected chi connectivity index (χ1v) is 8.83. The molecule has 1 heteroatoms. The largest absolute Gasteiger partial charge is 0.166 e. The zero-order chi connectivity index (χ0) is 14.5. The predicted octanol–water partition coefficient (Wildman–Crippen LogP) is 5.59. The van der Waals surface area contributed by atoms with Gasteiger partial charge in [0.1, 0.15) is 0 Å². The number of hydrogen-bond donors (Lipinski definition) is 0. The second-order valence-corrected chi connectivity index (χ2v) is 7.33. The van der Waals surface area contributed by atoms with Crippen molar-refractivity contribution < 1.29 is 0 Å². The van der Waals surface area contributed by atoms with Crippen LogP contribution >= 0.6 is 0 Å². The lowest BCUT2D eigenvalue weighted by atomic mass is 9.98. The lowest BCUT2D eigenvalue weighted by Gasteiger charge is -2.15. The minimum atomic E-state index is 0.0197. The first-order chi connectivity index (χ1) is 10.4. The molecular weight excluding hydrogens is 272 g/mol. The van der Waals surface area contributed by atoms with E-state index in [0.717, 1.165) is 0 Å². The molecule has 1 aliphatic rings. The van der Waals surface area contributed by atoms with E-state index in [1.165, 1.54) is 27.5 Å². The molecule has 0 nitrogen and oxygen atoms in total. The Kier molecular flexibility index (Phi) is 4.62. The Hall–Kier alpha value is -1.73. The molecule has 21 heavy (non-hydrogen) atoms. The van der Waals surface area contributed by atoms with Gasteiger partial charge in [0.2, 0.25) is 0 Å². The Bertz CT molecular complexity index is 586. The van der Waals surface area contributed by atoms with Crippen LogP contribution in [0.25, 0.3) is 0 Å². The van der Waals surface area contributed by atoms with Gasteiger partial charge in [-0.15, -0.1) is 0 Å². The van der Waals surface area contributed by atoms with Gasteiger partial charge >= 0.3 is 0 Å². The molecule has 1 unspecified atom stereocenters. The highest BCUT2D eigenvalue weighted by Gasteiger charge is 2.30. The summed E-state index contributed by atoms with van der Waals surface area (Å²) in [6, 6.07) is 21.7. The third kappa shape index (κ3) is 3.30. The van der Waals surface area contributed by atoms with E-state index >= 15 is 0 Å². The summed E-state index contributed by atoms with van der Waals surface area (Å²) in [5.41, 5.74) is 0. The fraction of sp³-hybridized carbons (Fsp3) is 0.200. The molecule has 1 aliphatic carbocycles. The lowest BCUT2D eigenvalue weighted by Crippen LogP contribution is -2.09. The maximum Gasteiger partial charge on any atom is 0.166 e. The molecule has 0 N–H and O–H groups in total. The molecule has 0 radical (unpaired) electrons. The van der Waals surface area contributed by atoms with Gasteiger partial charge in [0.15, 0.2) is 14.7 Å². The molecule has 1 atom stereocenters. The van der Waals surface area contributed by atoms with Crippen molar-refractivity contribution in [2.24, 2.45) is 5.92 Å². The normalized spacial score (nSPS) is 17.8.